The van der Waals surface area contributed by atoms with Gasteiger partial charge in [-0.3, -0.25) is 0 Å². The number of thiophene rings is 1. The average Bonchev–Trinajstić information content (AvgIpc) is 2.84. The third-order valence-electron chi connectivity index (χ3n) is 2.63. The molecule has 2 aromatic heterocycles. The van der Waals surface area contributed by atoms with E-state index in [0.717, 1.165) is 26.7 Å². The zero-order valence-electron chi connectivity index (χ0n) is 8.84. The Labute approximate surface area is 97.2 Å². The maximum absolute atomic E-state index is 5.74. The fraction of sp³-hybridized carbons (Fsp3) is 0.0833. The number of nitrogens with zero attached hydrogens (tertiary/aromatic N) is 2. The Kier molecular flexibility index (Phi) is 1.97. The van der Waals surface area contributed by atoms with Gasteiger partial charge in [-0.2, -0.15) is 0 Å². The molecule has 0 spiro atoms. The van der Waals surface area contributed by atoms with E-state index in [4.69, 9.17) is 5.73 Å². The maximum Gasteiger partial charge on any atom is 0.151 e. The van der Waals surface area contributed by atoms with E-state index in [1.165, 1.54) is 0 Å². The Morgan fingerprint density at radius 3 is 2.69 bits per heavy atom. The first-order chi connectivity index (χ1) is 7.75. The summed E-state index contributed by atoms with van der Waals surface area (Å²) in [7, 11) is 2.03. The number of imidazole rings is 1. The van der Waals surface area contributed by atoms with Crippen LogP contribution in [0.5, 0.6) is 0 Å². The largest absolute Gasteiger partial charge is 0.391 e. The highest BCUT2D eigenvalue weighted by Crippen LogP contribution is 2.30. The molecule has 4 heteroatoms. The number of rotatable bonds is 1. The van der Waals surface area contributed by atoms with E-state index < -0.39 is 0 Å². The van der Waals surface area contributed by atoms with Gasteiger partial charge in [0.25, 0.3) is 0 Å². The molecule has 0 aliphatic heterocycles. The third-order valence-corrected chi connectivity index (χ3v) is 3.54. The predicted octanol–water partition coefficient (Wildman–Crippen LogP) is 2.88. The van der Waals surface area contributed by atoms with Gasteiger partial charge in [0.15, 0.2) is 5.82 Å². The van der Waals surface area contributed by atoms with Crippen LogP contribution in [-0.2, 0) is 7.05 Å². The minimum atomic E-state index is 0.821. The lowest BCUT2D eigenvalue weighted by molar-refractivity contribution is 0.963. The second-order valence-electron chi connectivity index (χ2n) is 3.69. The van der Waals surface area contributed by atoms with E-state index in [1.807, 2.05) is 37.4 Å². The van der Waals surface area contributed by atoms with Gasteiger partial charge in [-0.25, -0.2) is 4.98 Å². The molecule has 0 amide bonds. The summed E-state index contributed by atoms with van der Waals surface area (Å²) < 4.78 is 2.10. The molecule has 0 bridgehead atoms. The number of nitrogens with two attached hydrogens (primary N) is 1. The molecule has 0 aliphatic carbocycles. The molecule has 0 unspecified atom stereocenters. The van der Waals surface area contributed by atoms with Crippen molar-refractivity contribution in [3.8, 4) is 10.7 Å². The summed E-state index contributed by atoms with van der Waals surface area (Å²) in [6.07, 6.45) is 0. The fourth-order valence-corrected chi connectivity index (χ4v) is 2.64. The third kappa shape index (κ3) is 1.31. The van der Waals surface area contributed by atoms with Crippen molar-refractivity contribution in [2.24, 2.45) is 7.05 Å². The minimum absolute atomic E-state index is 0.821. The van der Waals surface area contributed by atoms with Crippen molar-refractivity contribution in [2.45, 2.75) is 0 Å². The summed E-state index contributed by atoms with van der Waals surface area (Å²) in [5.41, 5.74) is 7.91. The molecule has 0 fully saturated rings. The predicted molar refractivity (Wildman–Crippen MR) is 68.4 cm³/mol. The van der Waals surface area contributed by atoms with Crippen molar-refractivity contribution in [1.29, 1.82) is 0 Å². The number of fused-ring (bicyclic) bond motifs is 1. The SMILES string of the molecule is Cn1c(-c2ccc(N)s2)nc2ccccc21. The van der Waals surface area contributed by atoms with Crippen molar-refractivity contribution in [2.75, 3.05) is 5.73 Å². The van der Waals surface area contributed by atoms with Gasteiger partial charge in [-0.05, 0) is 24.3 Å². The summed E-state index contributed by atoms with van der Waals surface area (Å²) in [5.74, 6) is 0.975. The number of anilines is 1. The minimum Gasteiger partial charge on any atom is -0.391 e. The summed E-state index contributed by atoms with van der Waals surface area (Å²) in [4.78, 5) is 5.72. The van der Waals surface area contributed by atoms with Crippen LogP contribution in [0.25, 0.3) is 21.7 Å². The Morgan fingerprint density at radius 1 is 1.19 bits per heavy atom. The monoisotopic (exact) mass is 229 g/mol. The Morgan fingerprint density at radius 2 is 2.00 bits per heavy atom. The highest BCUT2D eigenvalue weighted by Gasteiger charge is 2.10. The fourth-order valence-electron chi connectivity index (χ4n) is 1.84. The molecule has 0 saturated heterocycles. The number of benzene rings is 1. The quantitative estimate of drug-likeness (QED) is 0.697. The van der Waals surface area contributed by atoms with Crippen LogP contribution in [0.4, 0.5) is 5.00 Å². The summed E-state index contributed by atoms with van der Waals surface area (Å²) in [5, 5.41) is 0.821. The highest BCUT2D eigenvalue weighted by molar-refractivity contribution is 7.19. The van der Waals surface area contributed by atoms with E-state index >= 15 is 0 Å². The standard InChI is InChI=1S/C12H11N3S/c1-15-9-5-3-2-4-8(9)14-12(15)10-6-7-11(13)16-10/h2-7H,13H2,1H3. The number of hydrogen-bond donors (Lipinski definition) is 1. The van der Waals surface area contributed by atoms with Crippen LogP contribution >= 0.6 is 11.3 Å². The summed E-state index contributed by atoms with van der Waals surface area (Å²) in [6, 6.07) is 12.1. The van der Waals surface area contributed by atoms with Crippen LogP contribution in [0, 0.1) is 0 Å². The van der Waals surface area contributed by atoms with Gasteiger partial charge >= 0.3 is 0 Å². The van der Waals surface area contributed by atoms with E-state index in [1.54, 1.807) is 11.3 Å². The molecule has 3 nitrogen and oxygen atoms in total. The lowest BCUT2D eigenvalue weighted by Gasteiger charge is -1.98. The van der Waals surface area contributed by atoms with Crippen molar-refractivity contribution in [1.82, 2.24) is 9.55 Å². The van der Waals surface area contributed by atoms with Gasteiger partial charge in [-0.1, -0.05) is 12.1 Å². The number of aromatic nitrogens is 2. The maximum atomic E-state index is 5.74. The van der Waals surface area contributed by atoms with Crippen molar-refractivity contribution in [3.05, 3.63) is 36.4 Å². The van der Waals surface area contributed by atoms with Crippen molar-refractivity contribution >= 4 is 27.4 Å². The molecular formula is C12H11N3S. The normalized spacial score (nSPS) is 11.1. The Bertz CT molecular complexity index is 651. The number of nitrogen functional groups attached to an aromatic ring is 1. The Hall–Kier alpha value is -1.81. The molecule has 2 heterocycles. The molecule has 0 radical (unpaired) electrons. The van der Waals surface area contributed by atoms with Crippen LogP contribution in [-0.4, -0.2) is 9.55 Å². The molecular weight excluding hydrogens is 218 g/mol. The van der Waals surface area contributed by atoms with E-state index in [-0.39, 0.29) is 0 Å². The van der Waals surface area contributed by atoms with Crippen LogP contribution < -0.4 is 5.73 Å². The number of aryl methyl sites for hydroxylation is 1. The molecule has 1 aromatic carbocycles. The first-order valence-corrected chi connectivity index (χ1v) is 5.84. The van der Waals surface area contributed by atoms with Crippen LogP contribution in [0.3, 0.4) is 0 Å². The average molecular weight is 229 g/mol. The van der Waals surface area contributed by atoms with E-state index in [9.17, 15) is 0 Å². The van der Waals surface area contributed by atoms with E-state index in [0.29, 0.717) is 0 Å². The van der Waals surface area contributed by atoms with Gasteiger partial charge in [0, 0.05) is 7.05 Å². The van der Waals surface area contributed by atoms with Crippen LogP contribution in [0.1, 0.15) is 0 Å². The molecule has 16 heavy (non-hydrogen) atoms. The second-order valence-corrected chi connectivity index (χ2v) is 4.80. The van der Waals surface area contributed by atoms with Gasteiger partial charge in [0.05, 0.1) is 20.9 Å². The highest BCUT2D eigenvalue weighted by atomic mass is 32.1. The summed E-state index contributed by atoms with van der Waals surface area (Å²) >= 11 is 1.56. The van der Waals surface area contributed by atoms with Gasteiger partial charge < -0.3 is 10.3 Å². The van der Waals surface area contributed by atoms with Gasteiger partial charge in [0.1, 0.15) is 0 Å². The van der Waals surface area contributed by atoms with Gasteiger partial charge in [0.2, 0.25) is 0 Å². The molecule has 3 rings (SSSR count). The zero-order valence-corrected chi connectivity index (χ0v) is 9.66. The molecule has 3 aromatic rings. The smallest absolute Gasteiger partial charge is 0.151 e. The molecule has 0 aliphatic rings. The first-order valence-electron chi connectivity index (χ1n) is 5.03. The second kappa shape index (κ2) is 3.35. The van der Waals surface area contributed by atoms with E-state index in [2.05, 4.69) is 15.6 Å². The molecule has 2 N–H and O–H groups in total. The molecule has 80 valence electrons. The lowest BCUT2D eigenvalue weighted by atomic mass is 10.3. The lowest BCUT2D eigenvalue weighted by Crippen LogP contribution is -1.89. The van der Waals surface area contributed by atoms with Crippen molar-refractivity contribution < 1.29 is 0 Å². The first kappa shape index (κ1) is 9.42. The summed E-state index contributed by atoms with van der Waals surface area (Å²) in [6.45, 7) is 0. The zero-order chi connectivity index (χ0) is 11.1. The Balaban J connectivity index is 2.28. The van der Waals surface area contributed by atoms with Crippen LogP contribution in [0.15, 0.2) is 36.4 Å². The van der Waals surface area contributed by atoms with Gasteiger partial charge in [-0.15, -0.1) is 11.3 Å². The number of hydrogen-bond acceptors (Lipinski definition) is 3. The molecule has 0 atom stereocenters. The van der Waals surface area contributed by atoms with Crippen molar-refractivity contribution in [3.63, 3.8) is 0 Å². The van der Waals surface area contributed by atoms with Crippen LogP contribution in [0.2, 0.25) is 0 Å². The number of para-hydroxylation sites is 2. The molecule has 0 saturated carbocycles. The topological polar surface area (TPSA) is 43.8 Å².